The maximum Gasteiger partial charge on any atom is 0.263 e. The molecule has 1 aliphatic rings. The van der Waals surface area contributed by atoms with Crippen molar-refractivity contribution in [1.82, 2.24) is 14.9 Å². The molecule has 1 amide bonds. The zero-order valence-corrected chi connectivity index (χ0v) is 17.9. The summed E-state index contributed by atoms with van der Waals surface area (Å²) in [5, 5.41) is 7.41. The molecule has 0 unspecified atom stereocenters. The van der Waals surface area contributed by atoms with E-state index < -0.39 is 0 Å². The number of aromatic nitrogens is 2. The van der Waals surface area contributed by atoms with Gasteiger partial charge in [0.25, 0.3) is 5.56 Å². The van der Waals surface area contributed by atoms with Crippen molar-refractivity contribution in [3.05, 3.63) is 39.6 Å². The smallest absolute Gasteiger partial charge is 0.263 e. The lowest BCUT2D eigenvalue weighted by atomic mass is 9.98. The molecule has 6 nitrogen and oxygen atoms in total. The highest BCUT2D eigenvalue weighted by molar-refractivity contribution is 7.18. The van der Waals surface area contributed by atoms with Crippen LogP contribution in [-0.4, -0.2) is 34.7 Å². The molecule has 1 aliphatic carbocycles. The molecule has 0 spiro atoms. The largest absolute Gasteiger partial charge is 0.378 e. The van der Waals surface area contributed by atoms with Gasteiger partial charge >= 0.3 is 0 Å². The lowest BCUT2D eigenvalue weighted by molar-refractivity contribution is -0.121. The first kappa shape index (κ1) is 20.3. The van der Waals surface area contributed by atoms with Crippen LogP contribution in [-0.2, 0) is 16.1 Å². The maximum atomic E-state index is 12.9. The molecule has 0 bridgehead atoms. The van der Waals surface area contributed by atoms with Crippen molar-refractivity contribution in [2.75, 3.05) is 13.2 Å². The molecule has 3 aromatic rings. The van der Waals surface area contributed by atoms with E-state index in [-0.39, 0.29) is 18.0 Å². The lowest BCUT2D eigenvalue weighted by Crippen LogP contribution is -2.33. The summed E-state index contributed by atoms with van der Waals surface area (Å²) < 4.78 is 7.26. The summed E-state index contributed by atoms with van der Waals surface area (Å²) in [6, 6.07) is 3.95. The molecular weight excluding hydrogens is 406 g/mol. The standard InChI is InChI=1S/C21H25N3O3S2/c25-18(22-9-5-10-27-15-6-2-1-3-7-15)12-24-14-23-20-19(21(24)26)16(13-29-20)17-8-4-11-28-17/h4,8,11,13-15H,1-3,5-7,9-10,12H2,(H,22,25). The minimum absolute atomic E-state index is 0.0228. The van der Waals surface area contributed by atoms with Gasteiger partial charge in [-0.3, -0.25) is 14.2 Å². The van der Waals surface area contributed by atoms with Gasteiger partial charge in [0.1, 0.15) is 11.4 Å². The molecule has 8 heteroatoms. The fourth-order valence-corrected chi connectivity index (χ4v) is 5.41. The van der Waals surface area contributed by atoms with Gasteiger partial charge in [-0.05, 0) is 30.7 Å². The summed E-state index contributed by atoms with van der Waals surface area (Å²) in [5.74, 6) is -0.182. The summed E-state index contributed by atoms with van der Waals surface area (Å²) in [6.45, 7) is 1.19. The third kappa shape index (κ3) is 4.94. The van der Waals surface area contributed by atoms with E-state index in [1.807, 2.05) is 22.9 Å². The molecule has 0 atom stereocenters. The molecule has 0 saturated heterocycles. The van der Waals surface area contributed by atoms with Gasteiger partial charge in [-0.15, -0.1) is 22.7 Å². The topological polar surface area (TPSA) is 73.2 Å². The summed E-state index contributed by atoms with van der Waals surface area (Å²) in [6.07, 6.45) is 8.77. The molecule has 1 fully saturated rings. The molecular formula is C21H25N3O3S2. The number of thiophene rings is 2. The minimum atomic E-state index is -0.182. The van der Waals surface area contributed by atoms with Crippen LogP contribution in [0.4, 0.5) is 0 Å². The first-order valence-corrected chi connectivity index (χ1v) is 11.9. The Morgan fingerprint density at radius 3 is 2.93 bits per heavy atom. The number of ether oxygens (including phenoxy) is 1. The summed E-state index contributed by atoms with van der Waals surface area (Å²) in [4.78, 5) is 31.3. The molecule has 3 heterocycles. The molecule has 154 valence electrons. The third-order valence-electron chi connectivity index (χ3n) is 5.21. The van der Waals surface area contributed by atoms with Crippen molar-refractivity contribution >= 4 is 38.8 Å². The van der Waals surface area contributed by atoms with E-state index in [1.165, 1.54) is 41.5 Å². The number of hydrogen-bond acceptors (Lipinski definition) is 6. The van der Waals surface area contributed by atoms with Crippen molar-refractivity contribution in [2.45, 2.75) is 51.2 Å². The highest BCUT2D eigenvalue weighted by Crippen LogP contribution is 2.33. The number of hydrogen-bond donors (Lipinski definition) is 1. The maximum absolute atomic E-state index is 12.9. The zero-order chi connectivity index (χ0) is 20.1. The average Bonchev–Trinajstić information content (AvgIpc) is 3.40. The van der Waals surface area contributed by atoms with Crippen LogP contribution < -0.4 is 10.9 Å². The van der Waals surface area contributed by atoms with Crippen LogP contribution in [0.2, 0.25) is 0 Å². The molecule has 0 aliphatic heterocycles. The second-order valence-corrected chi connectivity index (χ2v) is 9.12. The Morgan fingerprint density at radius 2 is 2.14 bits per heavy atom. The van der Waals surface area contributed by atoms with Gasteiger partial charge in [-0.2, -0.15) is 0 Å². The van der Waals surface area contributed by atoms with Gasteiger partial charge in [0, 0.05) is 29.0 Å². The monoisotopic (exact) mass is 431 g/mol. The molecule has 3 aromatic heterocycles. The normalized spacial score (nSPS) is 15.0. The van der Waals surface area contributed by atoms with E-state index >= 15 is 0 Å². The Bertz CT molecular complexity index is 1000. The van der Waals surface area contributed by atoms with Crippen molar-refractivity contribution in [3.8, 4) is 10.4 Å². The SMILES string of the molecule is O=C(Cn1cnc2scc(-c3cccs3)c2c1=O)NCCCOC1CCCCC1. The summed E-state index contributed by atoms with van der Waals surface area (Å²) in [5.41, 5.74) is 0.725. The van der Waals surface area contributed by atoms with Gasteiger partial charge in [-0.1, -0.05) is 25.3 Å². The number of nitrogens with zero attached hydrogens (tertiary/aromatic N) is 2. The molecule has 1 saturated carbocycles. The number of carbonyl (C=O) groups excluding carboxylic acids is 1. The van der Waals surface area contributed by atoms with Gasteiger partial charge in [-0.25, -0.2) is 4.98 Å². The highest BCUT2D eigenvalue weighted by Gasteiger charge is 2.15. The molecule has 0 radical (unpaired) electrons. The Balaban J connectivity index is 1.32. The number of carbonyl (C=O) groups is 1. The van der Waals surface area contributed by atoms with Gasteiger partial charge in [0.15, 0.2) is 0 Å². The van der Waals surface area contributed by atoms with Gasteiger partial charge in [0.2, 0.25) is 5.91 Å². The Labute approximate surface area is 177 Å². The number of fused-ring (bicyclic) bond motifs is 1. The number of rotatable bonds is 8. The van der Waals surface area contributed by atoms with E-state index in [1.54, 1.807) is 11.3 Å². The fraction of sp³-hybridized carbons (Fsp3) is 0.476. The van der Waals surface area contributed by atoms with E-state index in [0.717, 1.165) is 29.7 Å². The molecule has 4 rings (SSSR count). The van der Waals surface area contributed by atoms with E-state index in [4.69, 9.17) is 4.74 Å². The van der Waals surface area contributed by atoms with Crippen LogP contribution in [0.15, 0.2) is 34.0 Å². The minimum Gasteiger partial charge on any atom is -0.378 e. The quantitative estimate of drug-likeness (QED) is 0.546. The second-order valence-electron chi connectivity index (χ2n) is 7.32. The van der Waals surface area contributed by atoms with Crippen molar-refractivity contribution < 1.29 is 9.53 Å². The summed E-state index contributed by atoms with van der Waals surface area (Å²) >= 11 is 3.04. The van der Waals surface area contributed by atoms with E-state index in [2.05, 4.69) is 10.3 Å². The van der Waals surface area contributed by atoms with E-state index in [9.17, 15) is 9.59 Å². The van der Waals surface area contributed by atoms with Gasteiger partial charge < -0.3 is 10.1 Å². The number of amides is 1. The molecule has 29 heavy (non-hydrogen) atoms. The first-order valence-electron chi connectivity index (χ1n) is 10.1. The molecule has 0 aromatic carbocycles. The van der Waals surface area contributed by atoms with Gasteiger partial charge in [0.05, 0.1) is 17.8 Å². The van der Waals surface area contributed by atoms with Crippen LogP contribution in [0.25, 0.3) is 20.7 Å². The third-order valence-corrected chi connectivity index (χ3v) is 7.00. The Morgan fingerprint density at radius 1 is 1.28 bits per heavy atom. The van der Waals surface area contributed by atoms with E-state index in [0.29, 0.717) is 29.5 Å². The Hall–Kier alpha value is -2.03. The highest BCUT2D eigenvalue weighted by atomic mass is 32.1. The first-order chi connectivity index (χ1) is 14.2. The predicted octanol–water partition coefficient (Wildman–Crippen LogP) is 4.04. The average molecular weight is 432 g/mol. The lowest BCUT2D eigenvalue weighted by Gasteiger charge is -2.21. The fourth-order valence-electron chi connectivity index (χ4n) is 3.69. The van der Waals surface area contributed by atoms with Crippen LogP contribution >= 0.6 is 22.7 Å². The van der Waals surface area contributed by atoms with Crippen LogP contribution in [0.5, 0.6) is 0 Å². The second kappa shape index (κ2) is 9.65. The number of nitrogens with one attached hydrogen (secondary N) is 1. The van der Waals surface area contributed by atoms with Crippen LogP contribution in [0, 0.1) is 0 Å². The predicted molar refractivity (Wildman–Crippen MR) is 118 cm³/mol. The van der Waals surface area contributed by atoms with Crippen molar-refractivity contribution in [1.29, 1.82) is 0 Å². The van der Waals surface area contributed by atoms with Crippen molar-refractivity contribution in [3.63, 3.8) is 0 Å². The summed E-state index contributed by atoms with van der Waals surface area (Å²) in [7, 11) is 0. The zero-order valence-electron chi connectivity index (χ0n) is 16.3. The molecule has 1 N–H and O–H groups in total. The van der Waals surface area contributed by atoms with Crippen molar-refractivity contribution in [2.24, 2.45) is 0 Å². The Kier molecular flexibility index (Phi) is 6.74. The van der Waals surface area contributed by atoms with Crippen LogP contribution in [0.3, 0.4) is 0 Å². The van der Waals surface area contributed by atoms with Crippen LogP contribution in [0.1, 0.15) is 38.5 Å².